The molecule has 0 radical (unpaired) electrons. The van der Waals surface area contributed by atoms with Gasteiger partial charge in [-0.05, 0) is 12.8 Å². The molecule has 20 heavy (non-hydrogen) atoms. The van der Waals surface area contributed by atoms with Gasteiger partial charge < -0.3 is 19.1 Å². The van der Waals surface area contributed by atoms with Gasteiger partial charge in [0.05, 0.1) is 13.2 Å². The molecule has 3 rings (SSSR count). The third-order valence-corrected chi connectivity index (χ3v) is 4.12. The Balaban J connectivity index is 1.77. The second kappa shape index (κ2) is 5.83. The van der Waals surface area contributed by atoms with Crippen LogP contribution in [0, 0.1) is 5.92 Å². The van der Waals surface area contributed by atoms with E-state index in [1.54, 1.807) is 7.11 Å². The Hall–Kier alpha value is -1.56. The van der Waals surface area contributed by atoms with Crippen molar-refractivity contribution in [3.8, 4) is 0 Å². The second-order valence-electron chi connectivity index (χ2n) is 5.67. The lowest BCUT2D eigenvalue weighted by molar-refractivity contribution is 0.112. The lowest BCUT2D eigenvalue weighted by Crippen LogP contribution is -2.43. The molecule has 110 valence electrons. The molecule has 1 fully saturated rings. The van der Waals surface area contributed by atoms with E-state index in [1.165, 1.54) is 0 Å². The van der Waals surface area contributed by atoms with Crippen molar-refractivity contribution < 1.29 is 9.53 Å². The molecule has 0 aliphatic carbocycles. The number of hydrogen-bond donors (Lipinski definition) is 0. The maximum absolute atomic E-state index is 12.6. The zero-order chi connectivity index (χ0) is 13.9. The van der Waals surface area contributed by atoms with Gasteiger partial charge in [-0.25, -0.2) is 9.78 Å². The Bertz CT molecular complexity index is 467. The summed E-state index contributed by atoms with van der Waals surface area (Å²) < 4.78 is 7.44. The molecule has 0 aromatic carbocycles. The number of rotatable bonds is 2. The molecule has 0 saturated carbocycles. The van der Waals surface area contributed by atoms with Crippen LogP contribution in [0.25, 0.3) is 0 Å². The van der Waals surface area contributed by atoms with Gasteiger partial charge in [0.2, 0.25) is 0 Å². The first-order valence-corrected chi connectivity index (χ1v) is 7.30. The predicted molar refractivity (Wildman–Crippen MR) is 74.2 cm³/mol. The molecule has 1 saturated heterocycles. The van der Waals surface area contributed by atoms with Gasteiger partial charge in [0, 0.05) is 51.6 Å². The fraction of sp³-hybridized carbons (Fsp3) is 0.714. The van der Waals surface area contributed by atoms with Crippen LogP contribution in [0.5, 0.6) is 0 Å². The predicted octanol–water partition coefficient (Wildman–Crippen LogP) is 1.18. The number of fused-ring (bicyclic) bond motifs is 1. The van der Waals surface area contributed by atoms with Crippen molar-refractivity contribution in [3.05, 3.63) is 18.2 Å². The summed E-state index contributed by atoms with van der Waals surface area (Å²) in [5.74, 6) is 1.29. The fourth-order valence-corrected chi connectivity index (χ4v) is 3.14. The van der Waals surface area contributed by atoms with Crippen LogP contribution in [0.4, 0.5) is 4.79 Å². The summed E-state index contributed by atoms with van der Waals surface area (Å²) in [5, 5.41) is 0. The van der Waals surface area contributed by atoms with Gasteiger partial charge in [-0.3, -0.25) is 0 Å². The minimum Gasteiger partial charge on any atom is -0.384 e. The number of carbonyl (C=O) groups excluding carboxylic acids is 1. The maximum atomic E-state index is 12.6. The summed E-state index contributed by atoms with van der Waals surface area (Å²) in [4.78, 5) is 20.9. The van der Waals surface area contributed by atoms with Crippen LogP contribution < -0.4 is 0 Å². The highest BCUT2D eigenvalue weighted by atomic mass is 16.5. The van der Waals surface area contributed by atoms with E-state index in [0.29, 0.717) is 19.1 Å². The Morgan fingerprint density at radius 3 is 2.90 bits per heavy atom. The molecule has 6 nitrogen and oxygen atoms in total. The fourth-order valence-electron chi connectivity index (χ4n) is 3.14. The average molecular weight is 278 g/mol. The van der Waals surface area contributed by atoms with E-state index < -0.39 is 0 Å². The molecule has 0 bridgehead atoms. The normalized spacial score (nSPS) is 22.8. The van der Waals surface area contributed by atoms with Crippen LogP contribution in [0.15, 0.2) is 12.4 Å². The first-order valence-electron chi connectivity index (χ1n) is 7.30. The summed E-state index contributed by atoms with van der Waals surface area (Å²) in [5.41, 5.74) is 0. The molecule has 1 aromatic rings. The van der Waals surface area contributed by atoms with Crippen molar-refractivity contribution >= 4 is 6.03 Å². The number of hydrogen-bond acceptors (Lipinski definition) is 3. The van der Waals surface area contributed by atoms with Gasteiger partial charge in [0.1, 0.15) is 5.82 Å². The average Bonchev–Trinajstić information content (AvgIpc) is 3.07. The number of imidazole rings is 1. The number of methoxy groups -OCH3 is 1. The third-order valence-electron chi connectivity index (χ3n) is 4.12. The number of carbonyl (C=O) groups is 1. The Morgan fingerprint density at radius 1 is 1.35 bits per heavy atom. The largest absolute Gasteiger partial charge is 0.384 e. The standard InChI is InChI=1S/C14H22N4O2/c1-20-11-12-8-17-7-4-15-13(17)10-18(9-12)14(19)16-5-2-3-6-16/h4,7,12H,2-3,5-6,8-11H2,1H3/t12-/m0/s1. The van der Waals surface area contributed by atoms with E-state index in [1.807, 2.05) is 22.2 Å². The van der Waals surface area contributed by atoms with E-state index in [0.717, 1.165) is 44.8 Å². The zero-order valence-corrected chi connectivity index (χ0v) is 12.0. The highest BCUT2D eigenvalue weighted by Gasteiger charge is 2.29. The molecule has 6 heteroatoms. The molecule has 3 heterocycles. The Kier molecular flexibility index (Phi) is 3.91. The molecule has 0 unspecified atom stereocenters. The topological polar surface area (TPSA) is 50.6 Å². The highest BCUT2D eigenvalue weighted by Crippen LogP contribution is 2.19. The lowest BCUT2D eigenvalue weighted by Gasteiger charge is -2.28. The highest BCUT2D eigenvalue weighted by molar-refractivity contribution is 5.74. The monoisotopic (exact) mass is 278 g/mol. The van der Waals surface area contributed by atoms with Crippen LogP contribution in [-0.2, 0) is 17.8 Å². The van der Waals surface area contributed by atoms with Crippen LogP contribution >= 0.6 is 0 Å². The summed E-state index contributed by atoms with van der Waals surface area (Å²) >= 11 is 0. The van der Waals surface area contributed by atoms with Crippen LogP contribution in [0.1, 0.15) is 18.7 Å². The van der Waals surface area contributed by atoms with E-state index in [9.17, 15) is 4.79 Å². The number of aromatic nitrogens is 2. The second-order valence-corrected chi connectivity index (χ2v) is 5.67. The van der Waals surface area contributed by atoms with Crippen molar-refractivity contribution in [1.82, 2.24) is 19.4 Å². The minimum absolute atomic E-state index is 0.153. The van der Waals surface area contributed by atoms with Crippen molar-refractivity contribution in [2.75, 3.05) is 33.4 Å². The number of urea groups is 1. The summed E-state index contributed by atoms with van der Waals surface area (Å²) in [6, 6.07) is 0.153. The Morgan fingerprint density at radius 2 is 2.15 bits per heavy atom. The van der Waals surface area contributed by atoms with Crippen LogP contribution in [-0.4, -0.2) is 58.7 Å². The van der Waals surface area contributed by atoms with Gasteiger partial charge in [0.25, 0.3) is 0 Å². The van der Waals surface area contributed by atoms with Gasteiger partial charge >= 0.3 is 6.03 Å². The first-order chi connectivity index (χ1) is 9.78. The molecule has 0 N–H and O–H groups in total. The Labute approximate surface area is 119 Å². The molecule has 2 aliphatic heterocycles. The SMILES string of the molecule is COC[C@@H]1CN(C(=O)N2CCCC2)Cc2nccn2C1. The van der Waals surface area contributed by atoms with E-state index in [2.05, 4.69) is 9.55 Å². The van der Waals surface area contributed by atoms with Gasteiger partial charge in [-0.2, -0.15) is 0 Å². The van der Waals surface area contributed by atoms with Gasteiger partial charge in [-0.15, -0.1) is 0 Å². The third kappa shape index (κ3) is 2.65. The smallest absolute Gasteiger partial charge is 0.320 e. The molecule has 2 aliphatic rings. The van der Waals surface area contributed by atoms with Crippen molar-refractivity contribution in [3.63, 3.8) is 0 Å². The molecule has 1 aromatic heterocycles. The van der Waals surface area contributed by atoms with Crippen molar-refractivity contribution in [1.29, 1.82) is 0 Å². The molecule has 2 amide bonds. The molecule has 0 spiro atoms. The minimum atomic E-state index is 0.153. The van der Waals surface area contributed by atoms with Gasteiger partial charge in [0.15, 0.2) is 0 Å². The molecular weight excluding hydrogens is 256 g/mol. The van der Waals surface area contributed by atoms with Crippen LogP contribution in [0.2, 0.25) is 0 Å². The van der Waals surface area contributed by atoms with Crippen molar-refractivity contribution in [2.45, 2.75) is 25.9 Å². The number of nitrogens with zero attached hydrogens (tertiary/aromatic N) is 4. The molecule has 1 atom stereocenters. The quantitative estimate of drug-likeness (QED) is 0.816. The summed E-state index contributed by atoms with van der Waals surface area (Å²) in [6.07, 6.45) is 6.04. The summed E-state index contributed by atoms with van der Waals surface area (Å²) in [6.45, 7) is 4.65. The number of amides is 2. The molecular formula is C14H22N4O2. The zero-order valence-electron chi connectivity index (χ0n) is 12.0. The van der Waals surface area contributed by atoms with E-state index in [4.69, 9.17) is 4.74 Å². The van der Waals surface area contributed by atoms with E-state index >= 15 is 0 Å². The van der Waals surface area contributed by atoms with Crippen LogP contribution in [0.3, 0.4) is 0 Å². The number of ether oxygens (including phenoxy) is 1. The first kappa shape index (κ1) is 13.4. The maximum Gasteiger partial charge on any atom is 0.320 e. The summed E-state index contributed by atoms with van der Waals surface area (Å²) in [7, 11) is 1.71. The van der Waals surface area contributed by atoms with Gasteiger partial charge in [-0.1, -0.05) is 0 Å². The van der Waals surface area contributed by atoms with E-state index in [-0.39, 0.29) is 6.03 Å². The lowest BCUT2D eigenvalue weighted by atomic mass is 10.1. The number of likely N-dealkylation sites (tertiary alicyclic amines) is 1. The van der Waals surface area contributed by atoms with Crippen molar-refractivity contribution in [2.24, 2.45) is 5.92 Å².